The normalized spacial score (nSPS) is 16.0. The quantitative estimate of drug-likeness (QED) is 0.282. The summed E-state index contributed by atoms with van der Waals surface area (Å²) in [4.78, 5) is 4.50. The molecule has 0 radical (unpaired) electrons. The molecule has 2 aromatic carbocycles. The van der Waals surface area contributed by atoms with Crippen molar-refractivity contribution in [1.82, 2.24) is 9.80 Å². The van der Waals surface area contributed by atoms with Crippen LogP contribution in [-0.2, 0) is 13.1 Å². The summed E-state index contributed by atoms with van der Waals surface area (Å²) in [6.07, 6.45) is 0.985. The van der Waals surface area contributed by atoms with E-state index in [-0.39, 0.29) is 20.1 Å². The van der Waals surface area contributed by atoms with Gasteiger partial charge < -0.3 is 0 Å². The molecule has 0 amide bonds. The molecule has 1 heterocycles. The number of halogens is 8. The zero-order valence-corrected chi connectivity index (χ0v) is 20.4. The minimum atomic E-state index is 0.267. The highest BCUT2D eigenvalue weighted by molar-refractivity contribution is 6.52. The highest BCUT2D eigenvalue weighted by Crippen LogP contribution is 2.40. The van der Waals surface area contributed by atoms with Crippen molar-refractivity contribution in [1.29, 1.82) is 0 Å². The van der Waals surface area contributed by atoms with Gasteiger partial charge in [0.15, 0.2) is 0 Å². The van der Waals surface area contributed by atoms with E-state index in [2.05, 4.69) is 9.80 Å². The van der Waals surface area contributed by atoms with E-state index in [4.69, 9.17) is 92.8 Å². The van der Waals surface area contributed by atoms with Crippen molar-refractivity contribution in [3.63, 3.8) is 0 Å². The molecule has 0 saturated carbocycles. The fourth-order valence-corrected chi connectivity index (χ4v) is 4.96. The molecule has 0 unspecified atom stereocenters. The maximum absolute atomic E-state index is 6.35. The highest BCUT2D eigenvalue weighted by Gasteiger charge is 2.22. The minimum absolute atomic E-state index is 0.267. The third-order valence-electron chi connectivity index (χ3n) is 4.49. The molecule has 0 bridgehead atoms. The first kappa shape index (κ1) is 23.3. The van der Waals surface area contributed by atoms with Crippen LogP contribution in [0.15, 0.2) is 12.1 Å². The van der Waals surface area contributed by atoms with Crippen LogP contribution in [0.1, 0.15) is 17.5 Å². The minimum Gasteiger partial charge on any atom is -0.286 e. The Morgan fingerprint density at radius 2 is 0.964 bits per heavy atom. The standard InChI is InChI=1S/C18H14Cl8N2/c19-11-4-9(13(21)17(25)15(11)23)6-27-2-1-3-28(8-27)7-10-5-12(20)16(24)18(26)14(10)22/h4-5H,1-3,6-8H2. The SMILES string of the molecule is Clc1cc(CN2CCCN(Cc3cc(Cl)c(Cl)c(Cl)c3Cl)C2)c(Cl)c(Cl)c1Cl. The van der Waals surface area contributed by atoms with Gasteiger partial charge in [-0.3, -0.25) is 9.80 Å². The molecule has 28 heavy (non-hydrogen) atoms. The first-order valence-electron chi connectivity index (χ1n) is 8.27. The first-order chi connectivity index (χ1) is 13.2. The lowest BCUT2D eigenvalue weighted by Crippen LogP contribution is -2.43. The van der Waals surface area contributed by atoms with Crippen LogP contribution in [0.2, 0.25) is 40.2 Å². The van der Waals surface area contributed by atoms with Crippen LogP contribution in [0.5, 0.6) is 0 Å². The van der Waals surface area contributed by atoms with Crippen LogP contribution < -0.4 is 0 Å². The van der Waals surface area contributed by atoms with Crippen LogP contribution in [0.3, 0.4) is 0 Å². The monoisotopic (exact) mass is 538 g/mol. The van der Waals surface area contributed by atoms with E-state index < -0.39 is 0 Å². The largest absolute Gasteiger partial charge is 0.286 e. The van der Waals surface area contributed by atoms with Crippen molar-refractivity contribution in [2.45, 2.75) is 19.5 Å². The van der Waals surface area contributed by atoms with Gasteiger partial charge in [-0.15, -0.1) is 0 Å². The Morgan fingerprint density at radius 3 is 1.36 bits per heavy atom. The topological polar surface area (TPSA) is 6.48 Å². The third kappa shape index (κ3) is 5.11. The predicted octanol–water partition coefficient (Wildman–Crippen LogP) is 8.58. The van der Waals surface area contributed by atoms with E-state index in [9.17, 15) is 0 Å². The Bertz CT molecular complexity index is 831. The van der Waals surface area contributed by atoms with Crippen LogP contribution in [0.4, 0.5) is 0 Å². The first-order valence-corrected chi connectivity index (χ1v) is 11.3. The molecule has 1 aliphatic rings. The number of nitrogens with zero attached hydrogens (tertiary/aromatic N) is 2. The van der Waals surface area contributed by atoms with Gasteiger partial charge in [-0.25, -0.2) is 0 Å². The van der Waals surface area contributed by atoms with Crippen molar-refractivity contribution < 1.29 is 0 Å². The van der Waals surface area contributed by atoms with Gasteiger partial charge in [0.1, 0.15) is 0 Å². The fraction of sp³-hybridized carbons (Fsp3) is 0.333. The highest BCUT2D eigenvalue weighted by atomic mass is 35.5. The number of hydrogen-bond acceptors (Lipinski definition) is 2. The Balaban J connectivity index is 1.74. The Morgan fingerprint density at radius 1 is 0.571 bits per heavy atom. The molecule has 2 nitrogen and oxygen atoms in total. The summed E-state index contributed by atoms with van der Waals surface area (Å²) in [5, 5.41) is 2.70. The fourth-order valence-electron chi connectivity index (χ4n) is 3.16. The van der Waals surface area contributed by atoms with E-state index in [1.807, 2.05) is 0 Å². The predicted molar refractivity (Wildman–Crippen MR) is 123 cm³/mol. The molecule has 10 heteroatoms. The second kappa shape index (κ2) is 9.87. The second-order valence-electron chi connectivity index (χ2n) is 6.52. The number of hydrogen-bond donors (Lipinski definition) is 0. The van der Waals surface area contributed by atoms with Crippen molar-refractivity contribution in [3.8, 4) is 0 Å². The van der Waals surface area contributed by atoms with E-state index in [0.717, 1.165) is 30.6 Å². The molecular weight excluding hydrogens is 528 g/mol. The molecule has 0 aromatic heterocycles. The molecule has 1 fully saturated rings. The number of rotatable bonds is 4. The Hall–Kier alpha value is 0.680. The Labute approximate surface area is 204 Å². The lowest BCUT2D eigenvalue weighted by atomic mass is 10.1. The maximum Gasteiger partial charge on any atom is 0.0797 e. The summed E-state index contributed by atoms with van der Waals surface area (Å²) in [5.41, 5.74) is 1.66. The van der Waals surface area contributed by atoms with Crippen molar-refractivity contribution in [3.05, 3.63) is 63.4 Å². The van der Waals surface area contributed by atoms with Gasteiger partial charge >= 0.3 is 0 Å². The van der Waals surface area contributed by atoms with Crippen molar-refractivity contribution in [2.75, 3.05) is 19.8 Å². The zero-order chi connectivity index (χ0) is 20.6. The van der Waals surface area contributed by atoms with Crippen molar-refractivity contribution in [2.24, 2.45) is 0 Å². The molecule has 2 aromatic rings. The molecule has 0 aliphatic carbocycles. The van der Waals surface area contributed by atoms with Gasteiger partial charge in [0.05, 0.1) is 46.8 Å². The van der Waals surface area contributed by atoms with E-state index in [0.29, 0.717) is 39.8 Å². The molecule has 1 saturated heterocycles. The molecular formula is C18H14Cl8N2. The third-order valence-corrected chi connectivity index (χ3v) is 8.07. The molecule has 0 atom stereocenters. The Kier molecular flexibility index (Phi) is 8.23. The van der Waals surface area contributed by atoms with Gasteiger partial charge in [0, 0.05) is 26.2 Å². The summed E-state index contributed by atoms with van der Waals surface area (Å²) in [6, 6.07) is 3.51. The van der Waals surface area contributed by atoms with Crippen LogP contribution >= 0.6 is 92.8 Å². The van der Waals surface area contributed by atoms with Gasteiger partial charge in [-0.2, -0.15) is 0 Å². The lowest BCUT2D eigenvalue weighted by Gasteiger charge is -2.36. The van der Waals surface area contributed by atoms with Gasteiger partial charge in [-0.1, -0.05) is 92.8 Å². The van der Waals surface area contributed by atoms with Gasteiger partial charge in [-0.05, 0) is 29.7 Å². The van der Waals surface area contributed by atoms with Crippen LogP contribution in [0.25, 0.3) is 0 Å². The molecule has 1 aliphatic heterocycles. The van der Waals surface area contributed by atoms with E-state index >= 15 is 0 Å². The van der Waals surface area contributed by atoms with Gasteiger partial charge in [0.2, 0.25) is 0 Å². The summed E-state index contributed by atoms with van der Waals surface area (Å²) < 4.78 is 0. The maximum atomic E-state index is 6.35. The molecule has 0 N–H and O–H groups in total. The van der Waals surface area contributed by atoms with E-state index in [1.54, 1.807) is 12.1 Å². The average Bonchev–Trinajstić information content (AvgIpc) is 2.67. The number of benzene rings is 2. The van der Waals surface area contributed by atoms with Crippen molar-refractivity contribution >= 4 is 92.8 Å². The summed E-state index contributed by atoms with van der Waals surface area (Å²) in [5.74, 6) is 0. The lowest BCUT2D eigenvalue weighted by molar-refractivity contribution is 0.0746. The summed E-state index contributed by atoms with van der Waals surface area (Å²) in [6.45, 7) is 3.74. The van der Waals surface area contributed by atoms with Gasteiger partial charge in [0.25, 0.3) is 0 Å². The second-order valence-corrected chi connectivity index (χ2v) is 9.60. The van der Waals surface area contributed by atoms with E-state index in [1.165, 1.54) is 0 Å². The summed E-state index contributed by atoms with van der Waals surface area (Å²) >= 11 is 49.4. The summed E-state index contributed by atoms with van der Waals surface area (Å²) in [7, 11) is 0. The van der Waals surface area contributed by atoms with Crippen LogP contribution in [-0.4, -0.2) is 29.6 Å². The van der Waals surface area contributed by atoms with Crippen LogP contribution in [0, 0.1) is 0 Å². The molecule has 152 valence electrons. The zero-order valence-electron chi connectivity index (χ0n) is 14.3. The average molecular weight is 542 g/mol. The molecule has 0 spiro atoms. The smallest absolute Gasteiger partial charge is 0.0797 e. The molecule has 3 rings (SSSR count).